The van der Waals surface area contributed by atoms with E-state index >= 15 is 0 Å². The number of aryl methyl sites for hydroxylation is 1. The number of hydrogen-bond acceptors (Lipinski definition) is 6. The second-order valence-corrected chi connectivity index (χ2v) is 10.5. The van der Waals surface area contributed by atoms with Crippen LogP contribution in [-0.2, 0) is 6.42 Å². The van der Waals surface area contributed by atoms with E-state index in [0.717, 1.165) is 41.6 Å². The fraction of sp³-hybridized carbons (Fsp3) is 0.290. The van der Waals surface area contributed by atoms with Crippen molar-refractivity contribution in [2.24, 2.45) is 0 Å². The molecule has 1 heterocycles. The number of amides is 2. The van der Waals surface area contributed by atoms with E-state index in [-0.39, 0.29) is 22.8 Å². The second kappa shape index (κ2) is 14.7. The molecule has 0 aliphatic carbocycles. The molecule has 9 nitrogen and oxygen atoms in total. The number of ether oxygens (including phenoxy) is 2. The molecule has 4 aromatic rings. The molecule has 0 bridgehead atoms. The lowest BCUT2D eigenvalue weighted by atomic mass is 10.0. The van der Waals surface area contributed by atoms with Crippen molar-refractivity contribution >= 4 is 29.0 Å². The van der Waals surface area contributed by atoms with Gasteiger partial charge in [0, 0.05) is 12.1 Å². The van der Waals surface area contributed by atoms with Crippen molar-refractivity contribution in [3.8, 4) is 28.6 Å². The molecule has 2 amide bonds. The number of urea groups is 1. The maximum absolute atomic E-state index is 12.4. The zero-order valence-electron chi connectivity index (χ0n) is 24.4. The third-order valence-electron chi connectivity index (χ3n) is 6.58. The molecule has 44 heavy (non-hydrogen) atoms. The van der Waals surface area contributed by atoms with Gasteiger partial charge in [-0.2, -0.15) is 0 Å². The molecule has 0 radical (unpaired) electrons. The molecule has 0 fully saturated rings. The van der Waals surface area contributed by atoms with Gasteiger partial charge in [0.25, 0.3) is 0 Å². The molecule has 0 aliphatic heterocycles. The van der Waals surface area contributed by atoms with Gasteiger partial charge in [-0.3, -0.25) is 5.32 Å². The van der Waals surface area contributed by atoms with Crippen molar-refractivity contribution in [1.29, 1.82) is 0 Å². The molecule has 0 atom stereocenters. The number of para-hydroxylation sites is 1. The minimum atomic E-state index is -4.75. The lowest BCUT2D eigenvalue weighted by molar-refractivity contribution is -0.274. The van der Waals surface area contributed by atoms with Crippen LogP contribution >= 0.6 is 12.2 Å². The second-order valence-electron chi connectivity index (χ2n) is 10.1. The van der Waals surface area contributed by atoms with Gasteiger partial charge in [-0.25, -0.2) is 14.5 Å². The van der Waals surface area contributed by atoms with Gasteiger partial charge in [-0.15, -0.1) is 18.3 Å². The average molecular weight is 627 g/mol. The highest BCUT2D eigenvalue weighted by Crippen LogP contribution is 2.33. The highest BCUT2D eigenvalue weighted by molar-refractivity contribution is 7.80. The SMILES string of the molecule is COc1cccc(C(C)C)c1NC(=S)NC(=O)NCCCCc1ccc(-c2ncn(-c3ccc(OC(F)(F)F)cc3)n2)cc1. The van der Waals surface area contributed by atoms with E-state index in [0.29, 0.717) is 23.8 Å². The van der Waals surface area contributed by atoms with Crippen LogP contribution in [-0.4, -0.2) is 45.9 Å². The third-order valence-corrected chi connectivity index (χ3v) is 6.79. The summed E-state index contributed by atoms with van der Waals surface area (Å²) in [7, 11) is 1.59. The average Bonchev–Trinajstić information content (AvgIpc) is 3.47. The Morgan fingerprint density at radius 1 is 1.02 bits per heavy atom. The number of carbonyl (C=O) groups excluding carboxylic acids is 1. The number of anilines is 1. The smallest absolute Gasteiger partial charge is 0.495 e. The summed E-state index contributed by atoms with van der Waals surface area (Å²) in [5.41, 5.74) is 4.24. The number of nitrogens with one attached hydrogen (secondary N) is 3. The van der Waals surface area contributed by atoms with Crippen LogP contribution in [0.5, 0.6) is 11.5 Å². The summed E-state index contributed by atoms with van der Waals surface area (Å²) in [6, 6.07) is 18.6. The highest BCUT2D eigenvalue weighted by atomic mass is 32.1. The molecule has 4 rings (SSSR count). The number of methoxy groups -OCH3 is 1. The van der Waals surface area contributed by atoms with E-state index in [1.54, 1.807) is 7.11 Å². The molecule has 13 heteroatoms. The van der Waals surface area contributed by atoms with Crippen molar-refractivity contribution in [1.82, 2.24) is 25.4 Å². The fourth-order valence-corrected chi connectivity index (χ4v) is 4.62. The summed E-state index contributed by atoms with van der Waals surface area (Å²) in [5, 5.41) is 13.2. The van der Waals surface area contributed by atoms with E-state index in [4.69, 9.17) is 17.0 Å². The number of hydrogen-bond donors (Lipinski definition) is 3. The van der Waals surface area contributed by atoms with Gasteiger partial charge in [0.2, 0.25) is 0 Å². The summed E-state index contributed by atoms with van der Waals surface area (Å²) in [6.45, 7) is 4.62. The third kappa shape index (κ3) is 9.17. The fourth-order valence-electron chi connectivity index (χ4n) is 4.42. The van der Waals surface area contributed by atoms with E-state index in [1.807, 2.05) is 42.5 Å². The van der Waals surface area contributed by atoms with Crippen LogP contribution in [0, 0.1) is 0 Å². The molecule has 3 N–H and O–H groups in total. The van der Waals surface area contributed by atoms with Crippen molar-refractivity contribution in [3.63, 3.8) is 0 Å². The maximum Gasteiger partial charge on any atom is 0.573 e. The Balaban J connectivity index is 1.19. The van der Waals surface area contributed by atoms with Gasteiger partial charge in [0.1, 0.15) is 17.8 Å². The van der Waals surface area contributed by atoms with E-state index < -0.39 is 6.36 Å². The first kappa shape index (κ1) is 32.3. The Morgan fingerprint density at radius 2 is 1.75 bits per heavy atom. The Hall–Kier alpha value is -4.65. The van der Waals surface area contributed by atoms with Crippen molar-refractivity contribution in [2.45, 2.75) is 45.4 Å². The Labute approximate surface area is 258 Å². The lowest BCUT2D eigenvalue weighted by Crippen LogP contribution is -2.42. The van der Waals surface area contributed by atoms with Crippen LogP contribution in [0.15, 0.2) is 73.1 Å². The van der Waals surface area contributed by atoms with Crippen LogP contribution in [0.25, 0.3) is 17.1 Å². The zero-order chi connectivity index (χ0) is 31.7. The normalized spacial score (nSPS) is 11.2. The number of unbranched alkanes of at least 4 members (excludes halogenated alkanes) is 1. The number of nitrogens with zero attached hydrogens (tertiary/aromatic N) is 3. The molecule has 0 aliphatic rings. The molecule has 0 saturated heterocycles. The largest absolute Gasteiger partial charge is 0.573 e. The topological polar surface area (TPSA) is 102 Å². The van der Waals surface area contributed by atoms with Crippen LogP contribution in [0.1, 0.15) is 43.7 Å². The number of halogens is 3. The summed E-state index contributed by atoms with van der Waals surface area (Å²) in [6.07, 6.45) is -0.787. The molecule has 0 spiro atoms. The predicted molar refractivity (Wildman–Crippen MR) is 166 cm³/mol. The molecule has 3 aromatic carbocycles. The lowest BCUT2D eigenvalue weighted by Gasteiger charge is -2.18. The van der Waals surface area contributed by atoms with Gasteiger partial charge < -0.3 is 20.1 Å². The molecule has 1 aromatic heterocycles. The standard InChI is InChI=1S/C31H33F3N6O3S/c1-20(2)25-8-6-9-26(42-3)27(25)37-30(44)38-29(41)35-18-5-4-7-21-10-12-22(13-11-21)28-36-19-40(39-28)23-14-16-24(17-15-23)43-31(32,33)34/h6,8-17,19-20H,4-5,7,18H2,1-3H3,(H3,35,37,38,41,44). The zero-order valence-corrected chi connectivity index (χ0v) is 25.3. The van der Waals surface area contributed by atoms with Gasteiger partial charge >= 0.3 is 12.4 Å². The van der Waals surface area contributed by atoms with Crippen LogP contribution in [0.3, 0.4) is 0 Å². The minimum Gasteiger partial charge on any atom is -0.495 e. The summed E-state index contributed by atoms with van der Waals surface area (Å²) < 4.78 is 48.0. The Kier molecular flexibility index (Phi) is 10.8. The molecule has 232 valence electrons. The highest BCUT2D eigenvalue weighted by Gasteiger charge is 2.31. The first-order valence-corrected chi connectivity index (χ1v) is 14.3. The minimum absolute atomic E-state index is 0.182. The van der Waals surface area contributed by atoms with Crippen molar-refractivity contribution in [3.05, 3.63) is 84.2 Å². The van der Waals surface area contributed by atoms with Gasteiger partial charge in [0.15, 0.2) is 10.9 Å². The first-order chi connectivity index (χ1) is 21.0. The summed E-state index contributed by atoms with van der Waals surface area (Å²) >= 11 is 5.34. The van der Waals surface area contributed by atoms with Crippen molar-refractivity contribution < 1.29 is 27.4 Å². The number of aromatic nitrogens is 3. The van der Waals surface area contributed by atoms with E-state index in [9.17, 15) is 18.0 Å². The monoisotopic (exact) mass is 626 g/mol. The molecular formula is C31H33F3N6O3S. The van der Waals surface area contributed by atoms with Crippen LogP contribution in [0.4, 0.5) is 23.7 Å². The predicted octanol–water partition coefficient (Wildman–Crippen LogP) is 6.98. The number of carbonyl (C=O) groups is 1. The van der Waals surface area contributed by atoms with Gasteiger partial charge in [-0.1, -0.05) is 50.2 Å². The van der Waals surface area contributed by atoms with E-state index in [2.05, 4.69) is 44.6 Å². The Bertz CT molecular complexity index is 1560. The number of benzene rings is 3. The first-order valence-electron chi connectivity index (χ1n) is 13.9. The van der Waals surface area contributed by atoms with Crippen LogP contribution in [0.2, 0.25) is 0 Å². The number of thiocarbonyl (C=S) groups is 1. The van der Waals surface area contributed by atoms with E-state index in [1.165, 1.54) is 35.3 Å². The number of rotatable bonds is 11. The number of alkyl halides is 3. The molecular weight excluding hydrogens is 593 g/mol. The maximum atomic E-state index is 12.4. The van der Waals surface area contributed by atoms with Crippen LogP contribution < -0.4 is 25.4 Å². The van der Waals surface area contributed by atoms with Gasteiger partial charge in [0.05, 0.1) is 18.5 Å². The summed E-state index contributed by atoms with van der Waals surface area (Å²) in [5.74, 6) is 1.06. The molecule has 0 saturated carbocycles. The Morgan fingerprint density at radius 3 is 2.41 bits per heavy atom. The molecule has 0 unspecified atom stereocenters. The van der Waals surface area contributed by atoms with Crippen molar-refractivity contribution in [2.75, 3.05) is 19.0 Å². The quantitative estimate of drug-likeness (QED) is 0.122. The summed E-state index contributed by atoms with van der Waals surface area (Å²) in [4.78, 5) is 16.7. The van der Waals surface area contributed by atoms with Gasteiger partial charge in [-0.05, 0) is 78.9 Å².